The Labute approximate surface area is 111 Å². The van der Waals surface area contributed by atoms with Crippen LogP contribution in [-0.4, -0.2) is 13.6 Å². The molecule has 18 heavy (non-hydrogen) atoms. The zero-order chi connectivity index (χ0) is 12.8. The Morgan fingerprint density at radius 2 is 1.83 bits per heavy atom. The molecule has 1 aliphatic rings. The van der Waals surface area contributed by atoms with Crippen LogP contribution in [-0.2, 0) is 0 Å². The quantitative estimate of drug-likeness (QED) is 0.836. The van der Waals surface area contributed by atoms with Crippen LogP contribution in [0.3, 0.4) is 0 Å². The average molecular weight is 243 g/mol. The average Bonchev–Trinajstić information content (AvgIpc) is 2.42. The van der Waals surface area contributed by atoms with Gasteiger partial charge in [0.1, 0.15) is 0 Å². The van der Waals surface area contributed by atoms with E-state index in [1.54, 1.807) is 5.57 Å². The second kappa shape index (κ2) is 6.75. The van der Waals surface area contributed by atoms with Crippen molar-refractivity contribution in [3.63, 3.8) is 0 Å². The summed E-state index contributed by atoms with van der Waals surface area (Å²) >= 11 is 0. The molecule has 0 aromatic heterocycles. The topological polar surface area (TPSA) is 12.0 Å². The van der Waals surface area contributed by atoms with Gasteiger partial charge in [0, 0.05) is 6.54 Å². The number of hydrogen-bond donors (Lipinski definition) is 1. The van der Waals surface area contributed by atoms with E-state index in [9.17, 15) is 0 Å². The van der Waals surface area contributed by atoms with Crippen molar-refractivity contribution < 1.29 is 0 Å². The lowest BCUT2D eigenvalue weighted by atomic mass is 9.83. The third-order valence-corrected chi connectivity index (χ3v) is 3.94. The summed E-state index contributed by atoms with van der Waals surface area (Å²) in [5.74, 6) is 0.799. The highest BCUT2D eigenvalue weighted by Gasteiger charge is 2.17. The van der Waals surface area contributed by atoms with Crippen LogP contribution in [0.15, 0.2) is 29.8 Å². The lowest BCUT2D eigenvalue weighted by Crippen LogP contribution is -2.19. The maximum atomic E-state index is 3.33. The summed E-state index contributed by atoms with van der Waals surface area (Å²) in [5, 5.41) is 3.33. The highest BCUT2D eigenvalue weighted by Crippen LogP contribution is 2.30. The summed E-state index contributed by atoms with van der Waals surface area (Å²) in [6, 6.07) is 8.86. The van der Waals surface area contributed by atoms with Crippen LogP contribution in [0.2, 0.25) is 0 Å². The van der Waals surface area contributed by atoms with Gasteiger partial charge in [-0.1, -0.05) is 60.7 Å². The van der Waals surface area contributed by atoms with Crippen molar-refractivity contribution in [2.75, 3.05) is 13.6 Å². The molecule has 0 bridgehead atoms. The molecule has 0 heterocycles. The maximum absolute atomic E-state index is 3.33. The van der Waals surface area contributed by atoms with E-state index in [1.807, 2.05) is 7.05 Å². The molecular weight excluding hydrogens is 218 g/mol. The van der Waals surface area contributed by atoms with E-state index in [0.29, 0.717) is 0 Å². The Balaban J connectivity index is 2.14. The summed E-state index contributed by atoms with van der Waals surface area (Å²) in [5.41, 5.74) is 4.26. The fraction of sp³-hybridized carbons (Fsp3) is 0.529. The standard InChI is InChI=1S/C17H25N/c1-14-8-10-15(11-9-14)12-17(13-18-2)16-6-4-3-5-7-16/h8-12,16,18H,3-7,13H2,1-2H3. The summed E-state index contributed by atoms with van der Waals surface area (Å²) in [6.45, 7) is 3.17. The van der Waals surface area contributed by atoms with E-state index in [-0.39, 0.29) is 0 Å². The highest BCUT2D eigenvalue weighted by molar-refractivity contribution is 5.54. The van der Waals surface area contributed by atoms with Crippen LogP contribution in [0, 0.1) is 12.8 Å². The van der Waals surface area contributed by atoms with Gasteiger partial charge in [0.2, 0.25) is 0 Å². The Kier molecular flexibility index (Phi) is 5.00. The minimum atomic E-state index is 0.799. The van der Waals surface area contributed by atoms with Gasteiger partial charge >= 0.3 is 0 Å². The summed E-state index contributed by atoms with van der Waals surface area (Å²) in [4.78, 5) is 0. The van der Waals surface area contributed by atoms with E-state index in [2.05, 4.69) is 42.6 Å². The molecule has 1 N–H and O–H groups in total. The van der Waals surface area contributed by atoms with Crippen LogP contribution in [0.25, 0.3) is 6.08 Å². The summed E-state index contributed by atoms with van der Waals surface area (Å²) < 4.78 is 0. The zero-order valence-corrected chi connectivity index (χ0v) is 11.7. The molecule has 1 nitrogen and oxygen atoms in total. The number of aryl methyl sites for hydroxylation is 1. The molecule has 0 radical (unpaired) electrons. The Morgan fingerprint density at radius 1 is 1.17 bits per heavy atom. The summed E-state index contributed by atoms with van der Waals surface area (Å²) in [7, 11) is 2.05. The van der Waals surface area contributed by atoms with Crippen LogP contribution < -0.4 is 5.32 Å². The molecule has 1 aromatic carbocycles. The van der Waals surface area contributed by atoms with Crippen LogP contribution >= 0.6 is 0 Å². The number of rotatable bonds is 4. The van der Waals surface area contributed by atoms with Crippen LogP contribution in [0.4, 0.5) is 0 Å². The summed E-state index contributed by atoms with van der Waals surface area (Å²) in [6.07, 6.45) is 9.37. The van der Waals surface area contributed by atoms with Gasteiger partial charge in [-0.25, -0.2) is 0 Å². The largest absolute Gasteiger partial charge is 0.316 e. The number of likely N-dealkylation sites (N-methyl/N-ethyl adjacent to an activating group) is 1. The first-order chi connectivity index (χ1) is 8.79. The predicted octanol–water partition coefficient (Wildman–Crippen LogP) is 4.18. The third-order valence-electron chi connectivity index (χ3n) is 3.94. The third kappa shape index (κ3) is 3.71. The Hall–Kier alpha value is -1.08. The molecule has 1 heteroatoms. The van der Waals surface area contributed by atoms with Crippen molar-refractivity contribution in [3.05, 3.63) is 41.0 Å². The molecule has 0 unspecified atom stereocenters. The van der Waals surface area contributed by atoms with Gasteiger partial charge in [-0.3, -0.25) is 0 Å². The second-order valence-corrected chi connectivity index (χ2v) is 5.50. The van der Waals surface area contributed by atoms with Gasteiger partial charge in [0.25, 0.3) is 0 Å². The fourth-order valence-electron chi connectivity index (χ4n) is 2.87. The highest BCUT2D eigenvalue weighted by atomic mass is 14.8. The molecule has 1 aliphatic carbocycles. The molecule has 0 aliphatic heterocycles. The molecule has 1 aromatic rings. The van der Waals surface area contributed by atoms with Crippen molar-refractivity contribution in [1.82, 2.24) is 5.32 Å². The lowest BCUT2D eigenvalue weighted by Gasteiger charge is -2.24. The van der Waals surface area contributed by atoms with Gasteiger partial charge < -0.3 is 5.32 Å². The monoisotopic (exact) mass is 243 g/mol. The SMILES string of the molecule is CNCC(=Cc1ccc(C)cc1)C1CCCCC1. The fourth-order valence-corrected chi connectivity index (χ4v) is 2.87. The zero-order valence-electron chi connectivity index (χ0n) is 11.7. The van der Waals surface area contributed by atoms with Crippen molar-refractivity contribution in [1.29, 1.82) is 0 Å². The number of hydrogen-bond acceptors (Lipinski definition) is 1. The van der Waals surface area contributed by atoms with E-state index < -0.39 is 0 Å². The number of nitrogens with one attached hydrogen (secondary N) is 1. The van der Waals surface area contributed by atoms with E-state index in [1.165, 1.54) is 43.2 Å². The second-order valence-electron chi connectivity index (χ2n) is 5.50. The molecule has 1 saturated carbocycles. The molecule has 2 rings (SSSR count). The van der Waals surface area contributed by atoms with Crippen molar-refractivity contribution in [2.24, 2.45) is 5.92 Å². The van der Waals surface area contributed by atoms with Gasteiger partial charge in [-0.15, -0.1) is 0 Å². The molecule has 1 fully saturated rings. The van der Waals surface area contributed by atoms with Gasteiger partial charge in [-0.2, -0.15) is 0 Å². The number of benzene rings is 1. The van der Waals surface area contributed by atoms with Gasteiger partial charge in [0.15, 0.2) is 0 Å². The van der Waals surface area contributed by atoms with E-state index >= 15 is 0 Å². The Morgan fingerprint density at radius 3 is 2.44 bits per heavy atom. The molecule has 0 atom stereocenters. The van der Waals surface area contributed by atoms with E-state index in [0.717, 1.165) is 12.5 Å². The molecule has 0 saturated heterocycles. The first-order valence-electron chi connectivity index (χ1n) is 7.21. The lowest BCUT2D eigenvalue weighted by molar-refractivity contribution is 0.398. The van der Waals surface area contributed by atoms with Crippen molar-refractivity contribution >= 4 is 6.08 Å². The molecule has 0 amide bonds. The molecule has 98 valence electrons. The van der Waals surface area contributed by atoms with Crippen molar-refractivity contribution in [2.45, 2.75) is 39.0 Å². The van der Waals surface area contributed by atoms with Crippen LogP contribution in [0.5, 0.6) is 0 Å². The first kappa shape index (κ1) is 13.4. The predicted molar refractivity (Wildman–Crippen MR) is 79.7 cm³/mol. The van der Waals surface area contributed by atoms with Gasteiger partial charge in [-0.05, 0) is 38.3 Å². The first-order valence-corrected chi connectivity index (χ1v) is 7.21. The van der Waals surface area contributed by atoms with Gasteiger partial charge in [0.05, 0.1) is 0 Å². The Bertz CT molecular complexity index is 383. The smallest absolute Gasteiger partial charge is 0.0167 e. The normalized spacial score (nSPS) is 18.0. The minimum Gasteiger partial charge on any atom is -0.316 e. The van der Waals surface area contributed by atoms with Crippen LogP contribution in [0.1, 0.15) is 43.2 Å². The van der Waals surface area contributed by atoms with Crippen molar-refractivity contribution in [3.8, 4) is 0 Å². The molecular formula is C17H25N. The maximum Gasteiger partial charge on any atom is 0.0167 e. The minimum absolute atomic E-state index is 0.799. The molecule has 0 spiro atoms. The van der Waals surface area contributed by atoms with E-state index in [4.69, 9.17) is 0 Å².